The summed E-state index contributed by atoms with van der Waals surface area (Å²) in [7, 11) is 1.48. The van der Waals surface area contributed by atoms with Crippen LogP contribution in [0.5, 0.6) is 5.75 Å². The van der Waals surface area contributed by atoms with Crippen LogP contribution in [0.4, 0.5) is 0 Å². The Balaban J connectivity index is 2.65. The van der Waals surface area contributed by atoms with Crippen LogP contribution in [-0.4, -0.2) is 18.2 Å². The quantitative estimate of drug-likeness (QED) is 0.859. The maximum atomic E-state index is 11.0. The molecule has 0 spiro atoms. The Hall–Kier alpha value is -1.42. The van der Waals surface area contributed by atoms with Crippen molar-refractivity contribution >= 4 is 40.8 Å². The SMILES string of the molecule is COc1cc(Cl)c(-c2cc(C(=O)O)ccc2Cl)cc1Cl. The highest BCUT2D eigenvalue weighted by Crippen LogP contribution is 2.39. The molecule has 2 rings (SSSR count). The fourth-order valence-electron chi connectivity index (χ4n) is 1.76. The van der Waals surface area contributed by atoms with Gasteiger partial charge in [-0.05, 0) is 24.3 Å². The van der Waals surface area contributed by atoms with Crippen LogP contribution in [0.3, 0.4) is 0 Å². The van der Waals surface area contributed by atoms with Gasteiger partial charge in [-0.15, -0.1) is 0 Å². The Morgan fingerprint density at radius 3 is 2.25 bits per heavy atom. The minimum absolute atomic E-state index is 0.118. The van der Waals surface area contributed by atoms with Gasteiger partial charge >= 0.3 is 5.97 Å². The van der Waals surface area contributed by atoms with Crippen molar-refractivity contribution in [2.24, 2.45) is 0 Å². The molecule has 3 nitrogen and oxygen atoms in total. The molecule has 0 aliphatic rings. The predicted octanol–water partition coefficient (Wildman–Crippen LogP) is 5.02. The molecule has 0 radical (unpaired) electrons. The van der Waals surface area contributed by atoms with Gasteiger partial charge in [-0.2, -0.15) is 0 Å². The molecule has 6 heteroatoms. The van der Waals surface area contributed by atoms with Crippen LogP contribution < -0.4 is 4.74 Å². The first kappa shape index (κ1) is 15.0. The van der Waals surface area contributed by atoms with Crippen molar-refractivity contribution < 1.29 is 14.6 Å². The van der Waals surface area contributed by atoms with Crippen LogP contribution in [0.15, 0.2) is 30.3 Å². The van der Waals surface area contributed by atoms with Gasteiger partial charge in [0.25, 0.3) is 0 Å². The van der Waals surface area contributed by atoms with E-state index in [4.69, 9.17) is 44.6 Å². The molecule has 2 aromatic rings. The number of halogens is 3. The van der Waals surface area contributed by atoms with E-state index in [2.05, 4.69) is 0 Å². The Morgan fingerprint density at radius 1 is 1.00 bits per heavy atom. The monoisotopic (exact) mass is 330 g/mol. The van der Waals surface area contributed by atoms with Gasteiger partial charge in [-0.25, -0.2) is 4.79 Å². The molecule has 0 atom stereocenters. The second-order valence-corrected chi connectivity index (χ2v) is 5.19. The normalized spacial score (nSPS) is 10.4. The zero-order chi connectivity index (χ0) is 14.9. The lowest BCUT2D eigenvalue weighted by atomic mass is 10.0. The summed E-state index contributed by atoms with van der Waals surface area (Å²) in [6, 6.07) is 7.54. The number of rotatable bonds is 3. The molecule has 2 aromatic carbocycles. The maximum absolute atomic E-state index is 11.0. The zero-order valence-corrected chi connectivity index (χ0v) is 12.6. The molecular formula is C14H9Cl3O3. The first-order valence-corrected chi connectivity index (χ1v) is 6.63. The smallest absolute Gasteiger partial charge is 0.335 e. The molecule has 0 saturated heterocycles. The molecule has 1 N–H and O–H groups in total. The first-order chi connectivity index (χ1) is 9.43. The zero-order valence-electron chi connectivity index (χ0n) is 10.3. The third-order valence-electron chi connectivity index (χ3n) is 2.74. The molecule has 0 aromatic heterocycles. The van der Waals surface area contributed by atoms with Gasteiger partial charge in [0, 0.05) is 22.2 Å². The van der Waals surface area contributed by atoms with E-state index in [1.54, 1.807) is 12.1 Å². The Kier molecular flexibility index (Phi) is 4.43. The Labute approximate surface area is 130 Å². The van der Waals surface area contributed by atoms with Crippen LogP contribution in [0.25, 0.3) is 11.1 Å². The average Bonchev–Trinajstić information content (AvgIpc) is 2.41. The van der Waals surface area contributed by atoms with E-state index in [1.807, 2.05) is 0 Å². The summed E-state index contributed by atoms with van der Waals surface area (Å²) >= 11 is 18.3. The number of carbonyl (C=O) groups is 1. The topological polar surface area (TPSA) is 46.5 Å². The van der Waals surface area contributed by atoms with Crippen LogP contribution in [0, 0.1) is 0 Å². The van der Waals surface area contributed by atoms with E-state index < -0.39 is 5.97 Å². The molecule has 20 heavy (non-hydrogen) atoms. The minimum atomic E-state index is -1.04. The number of hydrogen-bond acceptors (Lipinski definition) is 2. The van der Waals surface area contributed by atoms with Gasteiger partial charge in [-0.3, -0.25) is 0 Å². The van der Waals surface area contributed by atoms with Crippen molar-refractivity contribution in [2.45, 2.75) is 0 Å². The lowest BCUT2D eigenvalue weighted by molar-refractivity contribution is 0.0697. The first-order valence-electron chi connectivity index (χ1n) is 5.50. The minimum Gasteiger partial charge on any atom is -0.495 e. The second kappa shape index (κ2) is 5.92. The number of ether oxygens (including phenoxy) is 1. The largest absolute Gasteiger partial charge is 0.495 e. The highest BCUT2D eigenvalue weighted by Gasteiger charge is 2.14. The number of hydrogen-bond donors (Lipinski definition) is 1. The molecule has 0 aliphatic carbocycles. The van der Waals surface area contributed by atoms with Gasteiger partial charge in [0.1, 0.15) is 5.75 Å². The summed E-state index contributed by atoms with van der Waals surface area (Å²) in [5.74, 6) is -0.607. The lowest BCUT2D eigenvalue weighted by Crippen LogP contribution is -1.96. The summed E-state index contributed by atoms with van der Waals surface area (Å²) in [5.41, 5.74) is 1.17. The molecular weight excluding hydrogens is 323 g/mol. The highest BCUT2D eigenvalue weighted by atomic mass is 35.5. The van der Waals surface area contributed by atoms with Crippen molar-refractivity contribution in [3.63, 3.8) is 0 Å². The van der Waals surface area contributed by atoms with Gasteiger partial charge in [0.15, 0.2) is 0 Å². The summed E-state index contributed by atoms with van der Waals surface area (Å²) in [6.07, 6.45) is 0. The van der Waals surface area contributed by atoms with E-state index in [0.717, 1.165) is 0 Å². The molecule has 0 bridgehead atoms. The molecule has 104 valence electrons. The average molecular weight is 332 g/mol. The van der Waals surface area contributed by atoms with Crippen molar-refractivity contribution in [3.8, 4) is 16.9 Å². The molecule has 0 saturated carbocycles. The Morgan fingerprint density at radius 2 is 1.65 bits per heavy atom. The number of methoxy groups -OCH3 is 1. The van der Waals surface area contributed by atoms with Gasteiger partial charge < -0.3 is 9.84 Å². The third-order valence-corrected chi connectivity index (χ3v) is 3.68. The molecule has 0 fully saturated rings. The van der Waals surface area contributed by atoms with Gasteiger partial charge in [0.05, 0.1) is 22.7 Å². The number of aromatic carboxylic acids is 1. The fraction of sp³-hybridized carbons (Fsp3) is 0.0714. The van der Waals surface area contributed by atoms with E-state index >= 15 is 0 Å². The molecule has 0 aliphatic heterocycles. The van der Waals surface area contributed by atoms with E-state index in [9.17, 15) is 4.79 Å². The molecule has 0 unspecified atom stereocenters. The van der Waals surface area contributed by atoms with Crippen molar-refractivity contribution in [2.75, 3.05) is 7.11 Å². The van der Waals surface area contributed by atoms with Crippen LogP contribution in [0.2, 0.25) is 15.1 Å². The van der Waals surface area contributed by atoms with Crippen molar-refractivity contribution in [1.82, 2.24) is 0 Å². The van der Waals surface area contributed by atoms with Crippen LogP contribution >= 0.6 is 34.8 Å². The molecule has 0 amide bonds. The number of carboxylic acid groups (broad SMARTS) is 1. The summed E-state index contributed by atoms with van der Waals surface area (Å²) in [6.45, 7) is 0. The van der Waals surface area contributed by atoms with Gasteiger partial charge in [-0.1, -0.05) is 34.8 Å². The van der Waals surface area contributed by atoms with Crippen molar-refractivity contribution in [3.05, 3.63) is 51.0 Å². The summed E-state index contributed by atoms with van der Waals surface area (Å²) in [4.78, 5) is 11.0. The van der Waals surface area contributed by atoms with Gasteiger partial charge in [0.2, 0.25) is 0 Å². The van der Waals surface area contributed by atoms with Crippen LogP contribution in [0.1, 0.15) is 10.4 Å². The highest BCUT2D eigenvalue weighted by molar-refractivity contribution is 6.38. The molecule has 0 heterocycles. The predicted molar refractivity (Wildman–Crippen MR) is 80.4 cm³/mol. The standard InChI is InChI=1S/C14H9Cl3O3/c1-20-13-6-11(16)9(5-12(13)17)8-4-7(14(18)19)2-3-10(8)15/h2-6H,1H3,(H,18,19). The number of carboxylic acids is 1. The third kappa shape index (κ3) is 2.85. The van der Waals surface area contributed by atoms with Crippen molar-refractivity contribution in [1.29, 1.82) is 0 Å². The fourth-order valence-corrected chi connectivity index (χ4v) is 2.47. The van der Waals surface area contributed by atoms with E-state index in [-0.39, 0.29) is 5.56 Å². The summed E-state index contributed by atoms with van der Waals surface area (Å²) < 4.78 is 5.07. The van der Waals surface area contributed by atoms with E-state index in [1.165, 1.54) is 25.3 Å². The van der Waals surface area contributed by atoms with Crippen LogP contribution in [-0.2, 0) is 0 Å². The summed E-state index contributed by atoms with van der Waals surface area (Å²) in [5, 5.41) is 10.2. The Bertz CT molecular complexity index is 684. The number of benzene rings is 2. The van der Waals surface area contributed by atoms with E-state index in [0.29, 0.717) is 31.9 Å². The maximum Gasteiger partial charge on any atom is 0.335 e. The lowest BCUT2D eigenvalue weighted by Gasteiger charge is -2.11. The second-order valence-electron chi connectivity index (χ2n) is 3.97.